The molecule has 0 aliphatic carbocycles. The van der Waals surface area contributed by atoms with E-state index in [2.05, 4.69) is 178 Å². The van der Waals surface area contributed by atoms with Crippen LogP contribution in [0.4, 0.5) is 22.7 Å². The van der Waals surface area contributed by atoms with E-state index < -0.39 is 0 Å². The summed E-state index contributed by atoms with van der Waals surface area (Å²) in [6.45, 7) is 20.5. The Balaban J connectivity index is 1.31. The zero-order valence-electron chi connectivity index (χ0n) is 33.7. The normalized spacial score (nSPS) is 12.9. The Hall–Kier alpha value is -6.78. The molecule has 0 aliphatic rings. The van der Waals surface area contributed by atoms with Gasteiger partial charge in [0.25, 0.3) is 0 Å². The number of fused-ring (bicyclic) bond motifs is 2. The molecule has 0 radical (unpaired) electrons. The summed E-state index contributed by atoms with van der Waals surface area (Å²) < 4.78 is 12.3. The van der Waals surface area contributed by atoms with Crippen molar-refractivity contribution in [3.05, 3.63) is 175 Å². The molecule has 0 unspecified atom stereocenters. The van der Waals surface area contributed by atoms with Crippen molar-refractivity contribution in [2.24, 2.45) is 0 Å². The quantitative estimate of drug-likeness (QED) is 0.0921. The molecule has 0 fully saturated rings. The van der Waals surface area contributed by atoms with Gasteiger partial charge in [-0.2, -0.15) is 0 Å². The minimum Gasteiger partial charge on any atom is -0.461 e. The third-order valence-corrected chi connectivity index (χ3v) is 10.8. The van der Waals surface area contributed by atoms with Crippen LogP contribution in [-0.4, -0.2) is 0 Å². The Bertz CT molecular complexity index is 2930. The van der Waals surface area contributed by atoms with E-state index in [9.17, 15) is 0 Å². The Labute approximate surface area is 335 Å². The van der Waals surface area contributed by atoms with Gasteiger partial charge in [-0.1, -0.05) is 86.9 Å². The van der Waals surface area contributed by atoms with Gasteiger partial charge in [0.05, 0.1) is 0 Å². The van der Waals surface area contributed by atoms with Crippen LogP contribution in [0.1, 0.15) is 63.7 Å². The summed E-state index contributed by atoms with van der Waals surface area (Å²) in [6, 6.07) is 31.3. The summed E-state index contributed by atoms with van der Waals surface area (Å²) >= 11 is 0. The van der Waals surface area contributed by atoms with Crippen LogP contribution in [0.25, 0.3) is 72.5 Å². The maximum atomic E-state index is 6.17. The average Bonchev–Trinajstić information content (AvgIpc) is 3.75. The summed E-state index contributed by atoms with van der Waals surface area (Å²) in [6.07, 6.45) is 21.7. The molecular weight excluding hydrogens is 697 g/mol. The second-order valence-corrected chi connectivity index (χ2v) is 14.3. The first-order valence-electron chi connectivity index (χ1n) is 19.8. The van der Waals surface area contributed by atoms with Crippen molar-refractivity contribution < 1.29 is 8.83 Å². The van der Waals surface area contributed by atoms with E-state index in [0.717, 1.165) is 85.2 Å². The Morgan fingerprint density at radius 3 is 1.56 bits per heavy atom. The lowest BCUT2D eigenvalue weighted by Crippen LogP contribution is -2.15. The number of nitrogens with zero attached hydrogens (tertiary/aromatic N) is 2. The highest BCUT2D eigenvalue weighted by molar-refractivity contribution is 6.24. The van der Waals surface area contributed by atoms with Crippen LogP contribution in [0.3, 0.4) is 0 Å². The number of hydrogen-bond donors (Lipinski definition) is 0. The molecule has 6 aromatic carbocycles. The number of anilines is 4. The van der Waals surface area contributed by atoms with E-state index in [1.54, 1.807) is 6.08 Å². The number of furan rings is 2. The van der Waals surface area contributed by atoms with E-state index in [-0.39, 0.29) is 0 Å². The number of allylic oxidation sites excluding steroid dienone is 7. The highest BCUT2D eigenvalue weighted by atomic mass is 16.3. The largest absolute Gasteiger partial charge is 0.461 e. The van der Waals surface area contributed by atoms with E-state index >= 15 is 0 Å². The van der Waals surface area contributed by atoms with Crippen molar-refractivity contribution in [1.29, 1.82) is 0 Å². The minimum absolute atomic E-state index is 0.727. The lowest BCUT2D eigenvalue weighted by Gasteiger charge is -2.28. The van der Waals surface area contributed by atoms with Crippen molar-refractivity contribution >= 4 is 95.2 Å². The van der Waals surface area contributed by atoms with Gasteiger partial charge in [0.15, 0.2) is 0 Å². The van der Waals surface area contributed by atoms with Crippen molar-refractivity contribution in [3.63, 3.8) is 0 Å². The molecule has 0 bridgehead atoms. The van der Waals surface area contributed by atoms with Crippen LogP contribution in [0, 0.1) is 6.92 Å². The fraction of sp³-hybridized carbons (Fsp3) is 0.132. The van der Waals surface area contributed by atoms with Crippen LogP contribution >= 0.6 is 0 Å². The molecule has 8 rings (SSSR count). The van der Waals surface area contributed by atoms with Gasteiger partial charge in [0.2, 0.25) is 0 Å². The summed E-state index contributed by atoms with van der Waals surface area (Å²) in [4.78, 5) is 4.70. The molecule has 4 heteroatoms. The number of hydrogen-bond acceptors (Lipinski definition) is 4. The first-order chi connectivity index (χ1) is 27.8. The van der Waals surface area contributed by atoms with E-state index in [1.807, 2.05) is 26.0 Å². The van der Waals surface area contributed by atoms with Crippen LogP contribution < -0.4 is 9.80 Å². The second kappa shape index (κ2) is 15.4. The molecule has 0 saturated carbocycles. The van der Waals surface area contributed by atoms with E-state index in [1.165, 1.54) is 32.3 Å². The Morgan fingerprint density at radius 2 is 1.09 bits per heavy atom. The molecule has 0 atom stereocenters. The van der Waals surface area contributed by atoms with Crippen LogP contribution in [0.5, 0.6) is 0 Å². The fourth-order valence-corrected chi connectivity index (χ4v) is 8.41. The number of rotatable bonds is 12. The van der Waals surface area contributed by atoms with E-state index in [0.29, 0.717) is 0 Å². The summed E-state index contributed by atoms with van der Waals surface area (Å²) in [7, 11) is 0. The standard InChI is InChI=1S/C53H48N2O2/c1-9-16-39(13-5)54(41-25-27-51-47(32-41)45(14-6)49(15-7)57-51)43-28-35-20-22-37-30-44(31-38-23-21-36(29-43)52(35)53(37)38)55(40(17-10-2)18-11-3)42-24-26-50-48(33-42)46(19-12-4)34(8)56-50/h9-10,12-33H,6-7,11H2,1-5,8H3/b16-9-,17-10-,19-12-,39-13+,40-18+. The summed E-state index contributed by atoms with van der Waals surface area (Å²) in [5, 5.41) is 9.42. The topological polar surface area (TPSA) is 32.8 Å². The molecule has 0 aliphatic heterocycles. The molecule has 4 nitrogen and oxygen atoms in total. The molecule has 8 aromatic rings. The number of aryl methyl sites for hydroxylation is 1. The first-order valence-corrected chi connectivity index (χ1v) is 19.8. The van der Waals surface area contributed by atoms with Gasteiger partial charge in [0, 0.05) is 56.0 Å². The lowest BCUT2D eigenvalue weighted by atomic mass is 9.92. The summed E-state index contributed by atoms with van der Waals surface area (Å²) in [5.41, 5.74) is 10.3. The predicted octanol–water partition coefficient (Wildman–Crippen LogP) is 16.3. The fourth-order valence-electron chi connectivity index (χ4n) is 8.41. The molecule has 0 N–H and O–H groups in total. The predicted molar refractivity (Wildman–Crippen MR) is 248 cm³/mol. The smallest absolute Gasteiger partial charge is 0.135 e. The van der Waals surface area contributed by atoms with Gasteiger partial charge in [-0.05, 0) is 152 Å². The number of benzene rings is 6. The Morgan fingerprint density at radius 1 is 0.579 bits per heavy atom. The van der Waals surface area contributed by atoms with Gasteiger partial charge >= 0.3 is 0 Å². The highest BCUT2D eigenvalue weighted by Gasteiger charge is 2.21. The average molecular weight is 745 g/mol. The van der Waals surface area contributed by atoms with Crippen LogP contribution in [0.2, 0.25) is 0 Å². The second-order valence-electron chi connectivity index (χ2n) is 14.3. The van der Waals surface area contributed by atoms with Crippen molar-refractivity contribution in [2.45, 2.75) is 48.0 Å². The lowest BCUT2D eigenvalue weighted by molar-refractivity contribution is 0.577. The summed E-state index contributed by atoms with van der Waals surface area (Å²) in [5.74, 6) is 1.65. The molecular formula is C53H48N2O2. The molecule has 282 valence electrons. The highest BCUT2D eigenvalue weighted by Crippen LogP contribution is 2.44. The zero-order valence-corrected chi connectivity index (χ0v) is 33.7. The van der Waals surface area contributed by atoms with Crippen LogP contribution in [0.15, 0.2) is 161 Å². The molecule has 0 saturated heterocycles. The van der Waals surface area contributed by atoms with Gasteiger partial charge in [0.1, 0.15) is 22.7 Å². The van der Waals surface area contributed by atoms with Crippen molar-refractivity contribution in [3.8, 4) is 0 Å². The molecule has 2 aromatic heterocycles. The third kappa shape index (κ3) is 6.37. The molecule has 57 heavy (non-hydrogen) atoms. The zero-order chi connectivity index (χ0) is 39.8. The third-order valence-electron chi connectivity index (χ3n) is 10.8. The van der Waals surface area contributed by atoms with Crippen molar-refractivity contribution in [2.75, 3.05) is 9.80 Å². The maximum Gasteiger partial charge on any atom is 0.135 e. The van der Waals surface area contributed by atoms with Gasteiger partial charge in [-0.3, -0.25) is 0 Å². The first kappa shape index (κ1) is 37.2. The van der Waals surface area contributed by atoms with Crippen molar-refractivity contribution in [1.82, 2.24) is 0 Å². The molecule has 2 heterocycles. The van der Waals surface area contributed by atoms with Crippen LogP contribution in [-0.2, 0) is 0 Å². The molecule has 0 spiro atoms. The van der Waals surface area contributed by atoms with Gasteiger partial charge < -0.3 is 18.6 Å². The SMILES string of the molecule is C=Cc1oc2ccc(N(C(/C=C\C)=C/C)c3cc4ccc5cc(N(C(/C=C\C)=C/CC)c6ccc7oc(C)c(/C=C\C)c7c6)cc6ccc(c3)c4c56)cc2c1C=C. The monoisotopic (exact) mass is 744 g/mol. The minimum atomic E-state index is 0.727. The Kier molecular flexibility index (Phi) is 10.0. The maximum absolute atomic E-state index is 6.17. The van der Waals surface area contributed by atoms with Gasteiger partial charge in [-0.15, -0.1) is 0 Å². The molecule has 0 amide bonds. The van der Waals surface area contributed by atoms with Gasteiger partial charge in [-0.25, -0.2) is 0 Å². The van der Waals surface area contributed by atoms with E-state index in [4.69, 9.17) is 8.83 Å².